The van der Waals surface area contributed by atoms with Crippen molar-refractivity contribution >= 4 is 52.2 Å². The summed E-state index contributed by atoms with van der Waals surface area (Å²) in [6.07, 6.45) is 2.18. The van der Waals surface area contributed by atoms with E-state index in [1.54, 1.807) is 37.4 Å². The Kier molecular flexibility index (Phi) is 7.79. The van der Waals surface area contributed by atoms with Crippen molar-refractivity contribution in [3.63, 3.8) is 0 Å². The summed E-state index contributed by atoms with van der Waals surface area (Å²) in [6.45, 7) is 2.64. The van der Waals surface area contributed by atoms with Crippen LogP contribution in [0.5, 0.6) is 0 Å². The molecule has 3 rings (SSSR count). The van der Waals surface area contributed by atoms with Crippen LogP contribution < -0.4 is 20.9 Å². The molecule has 2 aromatic rings. The number of rotatable bonds is 7. The monoisotopic (exact) mass is 450 g/mol. The smallest absolute Gasteiger partial charge is 0.323 e. The zero-order valence-corrected chi connectivity index (χ0v) is 18.1. The van der Waals surface area contributed by atoms with E-state index < -0.39 is 6.03 Å². The number of hydrogen-bond acceptors (Lipinski definition) is 4. The summed E-state index contributed by atoms with van der Waals surface area (Å²) in [4.78, 5) is 27.3. The van der Waals surface area contributed by atoms with Gasteiger partial charge in [-0.3, -0.25) is 4.79 Å². The number of anilines is 3. The van der Waals surface area contributed by atoms with Crippen LogP contribution in [0, 0.1) is 0 Å². The number of ether oxygens (including phenoxy) is 1. The lowest BCUT2D eigenvalue weighted by Gasteiger charge is -2.22. The maximum Gasteiger partial charge on any atom is 0.323 e. The van der Waals surface area contributed by atoms with Gasteiger partial charge in [0.25, 0.3) is 5.91 Å². The molecule has 0 spiro atoms. The van der Waals surface area contributed by atoms with E-state index in [1.807, 2.05) is 6.07 Å². The third-order valence-corrected chi connectivity index (χ3v) is 5.26. The summed E-state index contributed by atoms with van der Waals surface area (Å²) in [5.74, 6) is -0.209. The van der Waals surface area contributed by atoms with Crippen LogP contribution in [0.2, 0.25) is 10.0 Å². The Balaban J connectivity index is 1.76. The molecule has 7 nitrogen and oxygen atoms in total. The molecule has 1 heterocycles. The molecule has 0 bridgehead atoms. The molecule has 1 saturated heterocycles. The van der Waals surface area contributed by atoms with Gasteiger partial charge in [-0.25, -0.2) is 4.79 Å². The first-order valence-corrected chi connectivity index (χ1v) is 10.4. The predicted molar refractivity (Wildman–Crippen MR) is 121 cm³/mol. The Hall–Kier alpha value is -2.48. The number of nitrogens with zero attached hydrogens (tertiary/aromatic N) is 1. The molecule has 9 heteroatoms. The standard InChI is InChI=1S/C21H24Cl2N4O3/c1-30-11-8-24-20(28)16-13-15(5-7-19(16)27-9-2-3-10-27)25-21(29)26-18-6-4-14(22)12-17(18)23/h4-7,12-13H,2-3,8-11H2,1H3,(H,24,28)(H2,25,26,29). The van der Waals surface area contributed by atoms with Crippen molar-refractivity contribution in [3.8, 4) is 0 Å². The highest BCUT2D eigenvalue weighted by Crippen LogP contribution is 2.28. The normalized spacial score (nSPS) is 13.2. The number of hydrogen-bond donors (Lipinski definition) is 3. The Morgan fingerprint density at radius 2 is 1.83 bits per heavy atom. The fourth-order valence-electron chi connectivity index (χ4n) is 3.27. The van der Waals surface area contributed by atoms with Crippen molar-refractivity contribution in [2.45, 2.75) is 12.8 Å². The van der Waals surface area contributed by atoms with Crippen LogP contribution in [0.3, 0.4) is 0 Å². The van der Waals surface area contributed by atoms with Gasteiger partial charge >= 0.3 is 6.03 Å². The summed E-state index contributed by atoms with van der Waals surface area (Å²) in [7, 11) is 1.58. The zero-order valence-electron chi connectivity index (χ0n) is 16.6. The number of urea groups is 1. The first-order valence-electron chi connectivity index (χ1n) is 9.67. The van der Waals surface area contributed by atoms with Gasteiger partial charge in [-0.1, -0.05) is 23.2 Å². The molecule has 0 unspecified atom stereocenters. The number of carbonyl (C=O) groups is 2. The predicted octanol–water partition coefficient (Wildman–Crippen LogP) is 4.61. The van der Waals surface area contributed by atoms with Crippen molar-refractivity contribution in [1.82, 2.24) is 5.32 Å². The van der Waals surface area contributed by atoms with Gasteiger partial charge in [0.05, 0.1) is 22.9 Å². The molecule has 160 valence electrons. The fourth-order valence-corrected chi connectivity index (χ4v) is 3.72. The summed E-state index contributed by atoms with van der Waals surface area (Å²) >= 11 is 12.0. The number of nitrogens with one attached hydrogen (secondary N) is 3. The number of amides is 3. The number of benzene rings is 2. The molecule has 0 atom stereocenters. The topological polar surface area (TPSA) is 82.7 Å². The molecule has 30 heavy (non-hydrogen) atoms. The first-order chi connectivity index (χ1) is 14.5. The van der Waals surface area contributed by atoms with Crippen molar-refractivity contribution in [1.29, 1.82) is 0 Å². The van der Waals surface area contributed by atoms with Crippen LogP contribution in [-0.2, 0) is 4.74 Å². The van der Waals surface area contributed by atoms with Gasteiger partial charge in [-0.2, -0.15) is 0 Å². The number of carbonyl (C=O) groups excluding carboxylic acids is 2. The second-order valence-electron chi connectivity index (χ2n) is 6.88. The highest BCUT2D eigenvalue weighted by Gasteiger charge is 2.20. The van der Waals surface area contributed by atoms with Gasteiger partial charge in [0.2, 0.25) is 0 Å². The van der Waals surface area contributed by atoms with E-state index in [0.717, 1.165) is 31.6 Å². The van der Waals surface area contributed by atoms with Gasteiger partial charge in [0, 0.05) is 43.1 Å². The second-order valence-corrected chi connectivity index (χ2v) is 7.72. The van der Waals surface area contributed by atoms with Crippen LogP contribution in [0.25, 0.3) is 0 Å². The van der Waals surface area contributed by atoms with Crippen molar-refractivity contribution in [2.24, 2.45) is 0 Å². The summed E-state index contributed by atoms with van der Waals surface area (Å²) in [5.41, 5.74) is 2.30. The van der Waals surface area contributed by atoms with Crippen LogP contribution in [0.4, 0.5) is 21.9 Å². The third kappa shape index (κ3) is 5.78. The van der Waals surface area contributed by atoms with Crippen LogP contribution in [0.1, 0.15) is 23.2 Å². The minimum atomic E-state index is -0.473. The van der Waals surface area contributed by atoms with Crippen LogP contribution in [-0.4, -0.2) is 45.3 Å². The number of methoxy groups -OCH3 is 1. The lowest BCUT2D eigenvalue weighted by molar-refractivity contribution is 0.0937. The Morgan fingerprint density at radius 1 is 1.07 bits per heavy atom. The maximum atomic E-state index is 12.8. The lowest BCUT2D eigenvalue weighted by Crippen LogP contribution is -2.30. The Labute approximate surface area is 185 Å². The summed E-state index contributed by atoms with van der Waals surface area (Å²) in [5, 5.41) is 9.09. The van der Waals surface area contributed by atoms with Gasteiger partial charge < -0.3 is 25.6 Å². The van der Waals surface area contributed by atoms with E-state index in [1.165, 1.54) is 0 Å². The second kappa shape index (κ2) is 10.5. The average molecular weight is 451 g/mol. The van der Waals surface area contributed by atoms with Gasteiger partial charge in [0.15, 0.2) is 0 Å². The molecule has 1 aliphatic heterocycles. The van der Waals surface area contributed by atoms with Gasteiger partial charge in [-0.05, 0) is 49.2 Å². The molecule has 1 fully saturated rings. The van der Waals surface area contributed by atoms with E-state index in [9.17, 15) is 9.59 Å². The first kappa shape index (κ1) is 22.2. The SMILES string of the molecule is COCCNC(=O)c1cc(NC(=O)Nc2ccc(Cl)cc2Cl)ccc1N1CCCC1. The fraction of sp³-hybridized carbons (Fsp3) is 0.333. The van der Waals surface area contributed by atoms with E-state index >= 15 is 0 Å². The minimum Gasteiger partial charge on any atom is -0.383 e. The lowest BCUT2D eigenvalue weighted by atomic mass is 10.1. The van der Waals surface area contributed by atoms with E-state index in [2.05, 4.69) is 20.9 Å². The zero-order chi connectivity index (χ0) is 21.5. The molecule has 0 radical (unpaired) electrons. The van der Waals surface area contributed by atoms with Crippen LogP contribution in [0.15, 0.2) is 36.4 Å². The minimum absolute atomic E-state index is 0.209. The Morgan fingerprint density at radius 3 is 2.53 bits per heavy atom. The third-order valence-electron chi connectivity index (χ3n) is 4.72. The van der Waals surface area contributed by atoms with Gasteiger partial charge in [0.1, 0.15) is 0 Å². The molecule has 2 aromatic carbocycles. The van der Waals surface area contributed by atoms with E-state index in [0.29, 0.717) is 40.1 Å². The molecule has 0 aliphatic carbocycles. The average Bonchev–Trinajstić information content (AvgIpc) is 3.25. The number of halogens is 2. The van der Waals surface area contributed by atoms with E-state index in [4.69, 9.17) is 27.9 Å². The molecular weight excluding hydrogens is 427 g/mol. The molecule has 0 aromatic heterocycles. The van der Waals surface area contributed by atoms with Crippen molar-refractivity contribution < 1.29 is 14.3 Å². The molecular formula is C21H24Cl2N4O3. The van der Waals surface area contributed by atoms with Crippen LogP contribution >= 0.6 is 23.2 Å². The molecule has 1 aliphatic rings. The highest BCUT2D eigenvalue weighted by molar-refractivity contribution is 6.36. The Bertz CT molecular complexity index is 917. The molecule has 0 saturated carbocycles. The summed E-state index contributed by atoms with van der Waals surface area (Å²) in [6, 6.07) is 9.65. The summed E-state index contributed by atoms with van der Waals surface area (Å²) < 4.78 is 5.00. The largest absolute Gasteiger partial charge is 0.383 e. The molecule has 3 N–H and O–H groups in total. The highest BCUT2D eigenvalue weighted by atomic mass is 35.5. The van der Waals surface area contributed by atoms with E-state index in [-0.39, 0.29) is 5.91 Å². The maximum absolute atomic E-state index is 12.8. The quantitative estimate of drug-likeness (QED) is 0.537. The van der Waals surface area contributed by atoms with Crippen molar-refractivity contribution in [2.75, 3.05) is 48.9 Å². The van der Waals surface area contributed by atoms with Crippen molar-refractivity contribution in [3.05, 3.63) is 52.0 Å². The van der Waals surface area contributed by atoms with Gasteiger partial charge in [-0.15, -0.1) is 0 Å². The molecule has 3 amide bonds.